The van der Waals surface area contributed by atoms with E-state index in [9.17, 15) is 0 Å². The van der Waals surface area contributed by atoms with Crippen LogP contribution in [0.2, 0.25) is 0 Å². The Morgan fingerprint density at radius 1 is 0.571 bits per heavy atom. The van der Waals surface area contributed by atoms with Crippen LogP contribution in [0.5, 0.6) is 0 Å². The smallest absolute Gasteiger partial charge is 0.0479 e. The fourth-order valence-corrected chi connectivity index (χ4v) is 1.56. The van der Waals surface area contributed by atoms with Crippen molar-refractivity contribution in [3.05, 3.63) is 0 Å². The van der Waals surface area contributed by atoms with Gasteiger partial charge >= 0.3 is 0 Å². The Bertz CT molecular complexity index is 66.7. The van der Waals surface area contributed by atoms with Crippen molar-refractivity contribution in [2.45, 2.75) is 78.1 Å². The molecule has 0 atom stereocenters. The van der Waals surface area contributed by atoms with Crippen molar-refractivity contribution < 1.29 is 0 Å². The number of hydrogen-bond donors (Lipinski definition) is 1. The van der Waals surface area contributed by atoms with Crippen molar-refractivity contribution in [3.63, 3.8) is 0 Å². The van der Waals surface area contributed by atoms with Crippen molar-refractivity contribution in [1.82, 2.24) is 0 Å². The van der Waals surface area contributed by atoms with Gasteiger partial charge in [-0.25, -0.2) is 0 Å². The molecule has 0 fully saturated rings. The van der Waals surface area contributed by atoms with E-state index in [1.807, 2.05) is 0 Å². The lowest BCUT2D eigenvalue weighted by Gasteiger charge is -1.99. The lowest BCUT2D eigenvalue weighted by Crippen LogP contribution is -1.80. The van der Waals surface area contributed by atoms with E-state index in [2.05, 4.69) is 36.4 Å². The van der Waals surface area contributed by atoms with Crippen molar-refractivity contribution >= 4 is 22.5 Å². The standard InChI is InChI=1S/C12H26.ClHS/c1-3-5-7-9-11-12-10-8-6-4-2;1-2/h3-12H2,1-2H3;2H. The highest BCUT2D eigenvalue weighted by molar-refractivity contribution is 8.05. The molecule has 0 aliphatic carbocycles. The van der Waals surface area contributed by atoms with E-state index in [1.54, 1.807) is 0 Å². The van der Waals surface area contributed by atoms with Gasteiger partial charge in [0.25, 0.3) is 0 Å². The van der Waals surface area contributed by atoms with Gasteiger partial charge in [-0.15, -0.1) is 0 Å². The van der Waals surface area contributed by atoms with E-state index >= 15 is 0 Å². The predicted molar refractivity (Wildman–Crippen MR) is 72.4 cm³/mol. The van der Waals surface area contributed by atoms with Crippen LogP contribution in [-0.4, -0.2) is 0 Å². The fourth-order valence-electron chi connectivity index (χ4n) is 1.56. The van der Waals surface area contributed by atoms with Gasteiger partial charge in [-0.1, -0.05) is 89.9 Å². The Balaban J connectivity index is 0. The van der Waals surface area contributed by atoms with E-state index in [0.29, 0.717) is 0 Å². The highest BCUT2D eigenvalue weighted by Gasteiger charge is 1.90. The first-order valence-electron chi connectivity index (χ1n) is 6.08. The maximum absolute atomic E-state index is 4.33. The summed E-state index contributed by atoms with van der Waals surface area (Å²) in [6, 6.07) is 0. The first-order valence-corrected chi connectivity index (χ1v) is 7.44. The van der Waals surface area contributed by atoms with E-state index in [1.165, 1.54) is 64.2 Å². The number of unbranched alkanes of at least 4 members (excludes halogenated alkanes) is 9. The molecule has 0 aromatic rings. The lowest BCUT2D eigenvalue weighted by atomic mass is 10.1. The van der Waals surface area contributed by atoms with Gasteiger partial charge in [-0.05, 0) is 10.7 Å². The summed E-state index contributed by atoms with van der Waals surface area (Å²) in [5.74, 6) is 0. The van der Waals surface area contributed by atoms with Crippen LogP contribution in [0.1, 0.15) is 78.1 Å². The predicted octanol–water partition coefficient (Wildman–Crippen LogP) is 6.00. The number of hydrogen-bond acceptors (Lipinski definition) is 1. The first-order chi connectivity index (χ1) is 6.91. The molecular formula is C12H27ClS. The molecule has 0 rings (SSSR count). The molecule has 0 saturated carbocycles. The molecular weight excluding hydrogens is 212 g/mol. The molecule has 88 valence electrons. The van der Waals surface area contributed by atoms with E-state index in [-0.39, 0.29) is 0 Å². The molecule has 14 heavy (non-hydrogen) atoms. The minimum atomic E-state index is 1.37. The second-order valence-electron chi connectivity index (χ2n) is 3.83. The molecule has 0 spiro atoms. The van der Waals surface area contributed by atoms with Crippen molar-refractivity contribution in [1.29, 1.82) is 0 Å². The third kappa shape index (κ3) is 18.4. The summed E-state index contributed by atoms with van der Waals surface area (Å²) in [7, 11) is 4.33. The second-order valence-corrected chi connectivity index (χ2v) is 3.83. The van der Waals surface area contributed by atoms with Crippen molar-refractivity contribution in [3.8, 4) is 0 Å². The van der Waals surface area contributed by atoms with Gasteiger partial charge in [0.05, 0.1) is 0 Å². The molecule has 0 amide bonds. The van der Waals surface area contributed by atoms with Gasteiger partial charge < -0.3 is 0 Å². The average Bonchev–Trinajstić information content (AvgIpc) is 2.25. The van der Waals surface area contributed by atoms with Crippen LogP contribution < -0.4 is 0 Å². The van der Waals surface area contributed by atoms with E-state index in [4.69, 9.17) is 0 Å². The van der Waals surface area contributed by atoms with Crippen LogP contribution in [-0.2, 0) is 0 Å². The lowest BCUT2D eigenvalue weighted by molar-refractivity contribution is 0.562. The Morgan fingerprint density at radius 3 is 1.00 bits per heavy atom. The average molecular weight is 239 g/mol. The van der Waals surface area contributed by atoms with Crippen LogP contribution in [0, 0.1) is 0 Å². The quantitative estimate of drug-likeness (QED) is 0.370. The van der Waals surface area contributed by atoms with Gasteiger partial charge in [0, 0.05) is 0 Å². The number of halogens is 1. The normalized spacial score (nSPS) is 9.43. The van der Waals surface area contributed by atoms with Crippen molar-refractivity contribution in [2.24, 2.45) is 0 Å². The molecule has 2 heteroatoms. The zero-order valence-electron chi connectivity index (χ0n) is 9.90. The monoisotopic (exact) mass is 238 g/mol. The van der Waals surface area contributed by atoms with Gasteiger partial charge in [0.2, 0.25) is 0 Å². The zero-order chi connectivity index (χ0) is 11.1. The Labute approximate surface area is 101 Å². The molecule has 0 aliphatic heterocycles. The van der Waals surface area contributed by atoms with E-state index in [0.717, 1.165) is 0 Å². The summed E-state index contributed by atoms with van der Waals surface area (Å²) in [6.07, 6.45) is 14.4. The van der Waals surface area contributed by atoms with Crippen LogP contribution >= 0.6 is 22.5 Å². The van der Waals surface area contributed by atoms with Crippen molar-refractivity contribution in [2.75, 3.05) is 0 Å². The molecule has 0 aromatic carbocycles. The molecule has 0 aromatic heterocycles. The summed E-state index contributed by atoms with van der Waals surface area (Å²) in [5.41, 5.74) is 0. The molecule has 0 radical (unpaired) electrons. The Kier molecular flexibility index (Phi) is 23.4. The number of thiol groups is 1. The van der Waals surface area contributed by atoms with Gasteiger partial charge in [-0.3, -0.25) is 0 Å². The highest BCUT2D eigenvalue weighted by Crippen LogP contribution is 2.09. The summed E-state index contributed by atoms with van der Waals surface area (Å²) >= 11 is 3.00. The molecule has 0 nitrogen and oxygen atoms in total. The molecule has 0 bridgehead atoms. The van der Waals surface area contributed by atoms with Gasteiger partial charge in [-0.2, -0.15) is 0 Å². The first kappa shape index (κ1) is 17.0. The minimum Gasteiger partial charge on any atom is -0.0728 e. The fraction of sp³-hybridized carbons (Fsp3) is 1.00. The summed E-state index contributed by atoms with van der Waals surface area (Å²) < 4.78 is 0. The molecule has 0 unspecified atom stereocenters. The maximum atomic E-state index is 4.33. The van der Waals surface area contributed by atoms with Crippen LogP contribution in [0.4, 0.5) is 0 Å². The molecule has 0 aliphatic rings. The SMILES string of the molecule is CCCCCCCCCCCC.SCl. The molecule has 0 heterocycles. The molecule has 0 saturated heterocycles. The summed E-state index contributed by atoms with van der Waals surface area (Å²) in [5, 5.41) is 0. The van der Waals surface area contributed by atoms with Crippen LogP contribution in [0.3, 0.4) is 0 Å². The van der Waals surface area contributed by atoms with Crippen LogP contribution in [0.15, 0.2) is 0 Å². The maximum Gasteiger partial charge on any atom is -0.0479 e. The number of rotatable bonds is 9. The summed E-state index contributed by atoms with van der Waals surface area (Å²) in [6.45, 7) is 4.56. The Morgan fingerprint density at radius 2 is 0.786 bits per heavy atom. The van der Waals surface area contributed by atoms with E-state index < -0.39 is 0 Å². The topological polar surface area (TPSA) is 0 Å². The van der Waals surface area contributed by atoms with Gasteiger partial charge in [0.1, 0.15) is 0 Å². The van der Waals surface area contributed by atoms with Crippen LogP contribution in [0.25, 0.3) is 0 Å². The second kappa shape index (κ2) is 19.2. The largest absolute Gasteiger partial charge is 0.0728 e. The summed E-state index contributed by atoms with van der Waals surface area (Å²) in [4.78, 5) is 0. The minimum absolute atomic E-state index is 1.37. The van der Waals surface area contributed by atoms with Gasteiger partial charge in [0.15, 0.2) is 0 Å². The zero-order valence-corrected chi connectivity index (χ0v) is 11.5. The molecule has 0 N–H and O–H groups in total. The Hall–Kier alpha value is 0.640. The third-order valence-electron chi connectivity index (χ3n) is 2.46. The third-order valence-corrected chi connectivity index (χ3v) is 2.46. The highest BCUT2D eigenvalue weighted by atomic mass is 35.7.